The van der Waals surface area contributed by atoms with Crippen molar-refractivity contribution in [2.75, 3.05) is 20.3 Å². The van der Waals surface area contributed by atoms with Gasteiger partial charge in [-0.15, -0.1) is 0 Å². The molecule has 21 heavy (non-hydrogen) atoms. The first-order valence-electron chi connectivity index (χ1n) is 7.67. The molecule has 0 saturated heterocycles. The zero-order valence-corrected chi connectivity index (χ0v) is 13.9. The summed E-state index contributed by atoms with van der Waals surface area (Å²) in [6.45, 7) is 9.07. The molecule has 2 atom stereocenters. The number of likely N-dealkylation sites (N-methyl/N-ethyl adjacent to an activating group) is 1. The molecule has 0 aromatic heterocycles. The van der Waals surface area contributed by atoms with Crippen molar-refractivity contribution < 1.29 is 14.6 Å². The van der Waals surface area contributed by atoms with Crippen molar-refractivity contribution >= 4 is 0 Å². The van der Waals surface area contributed by atoms with Crippen molar-refractivity contribution in [3.63, 3.8) is 0 Å². The van der Waals surface area contributed by atoms with E-state index in [4.69, 9.17) is 9.47 Å². The van der Waals surface area contributed by atoms with Crippen molar-refractivity contribution in [2.24, 2.45) is 0 Å². The van der Waals surface area contributed by atoms with Crippen LogP contribution in [0.3, 0.4) is 0 Å². The molecule has 0 saturated carbocycles. The highest BCUT2D eigenvalue weighted by Gasteiger charge is 2.26. The zero-order chi connectivity index (χ0) is 15.9. The molecule has 1 rings (SSSR count). The number of hydrogen-bond donors (Lipinski definition) is 2. The average Bonchev–Trinajstić information content (AvgIpc) is 2.47. The second-order valence-corrected chi connectivity index (χ2v) is 5.72. The molecule has 0 aliphatic carbocycles. The Labute approximate surface area is 128 Å². The van der Waals surface area contributed by atoms with Crippen LogP contribution in [0.25, 0.3) is 0 Å². The van der Waals surface area contributed by atoms with Gasteiger partial charge in [0.1, 0.15) is 0 Å². The monoisotopic (exact) mass is 295 g/mol. The minimum atomic E-state index is -0.329. The number of methoxy groups -OCH3 is 1. The van der Waals surface area contributed by atoms with Gasteiger partial charge in [0.2, 0.25) is 0 Å². The van der Waals surface area contributed by atoms with Crippen LogP contribution < -0.4 is 14.8 Å². The van der Waals surface area contributed by atoms with Crippen LogP contribution in [0.4, 0.5) is 0 Å². The highest BCUT2D eigenvalue weighted by atomic mass is 16.5. The maximum absolute atomic E-state index is 9.56. The summed E-state index contributed by atoms with van der Waals surface area (Å²) in [5.74, 6) is 1.51. The molecule has 0 heterocycles. The summed E-state index contributed by atoms with van der Waals surface area (Å²) in [7, 11) is 1.66. The fourth-order valence-electron chi connectivity index (χ4n) is 2.54. The van der Waals surface area contributed by atoms with Gasteiger partial charge in [-0.1, -0.05) is 19.9 Å². The average molecular weight is 295 g/mol. The van der Waals surface area contributed by atoms with E-state index in [9.17, 15) is 5.11 Å². The van der Waals surface area contributed by atoms with Gasteiger partial charge in [-0.2, -0.15) is 0 Å². The third kappa shape index (κ3) is 5.21. The standard InChI is InChI=1S/C17H29NO3/c1-6-14-8-9-15(16(10-14)20-5)21-13(3)11-17(4,12-19)18-7-2/h8-10,13,18-19H,6-7,11-12H2,1-5H3. The first kappa shape index (κ1) is 17.8. The molecule has 4 nitrogen and oxygen atoms in total. The van der Waals surface area contributed by atoms with Crippen LogP contribution >= 0.6 is 0 Å². The Kier molecular flexibility index (Phi) is 6.99. The molecule has 1 aromatic carbocycles. The van der Waals surface area contributed by atoms with E-state index in [0.29, 0.717) is 0 Å². The fraction of sp³-hybridized carbons (Fsp3) is 0.647. The van der Waals surface area contributed by atoms with Gasteiger partial charge in [-0.3, -0.25) is 0 Å². The van der Waals surface area contributed by atoms with Gasteiger partial charge in [0.25, 0.3) is 0 Å². The summed E-state index contributed by atoms with van der Waals surface area (Å²) in [5, 5.41) is 12.9. The van der Waals surface area contributed by atoms with Crippen LogP contribution in [0.5, 0.6) is 11.5 Å². The summed E-state index contributed by atoms with van der Waals surface area (Å²) >= 11 is 0. The lowest BCUT2D eigenvalue weighted by Gasteiger charge is -2.31. The lowest BCUT2D eigenvalue weighted by atomic mass is 9.95. The van der Waals surface area contributed by atoms with E-state index in [0.717, 1.165) is 30.9 Å². The van der Waals surface area contributed by atoms with Gasteiger partial charge in [0.15, 0.2) is 11.5 Å². The largest absolute Gasteiger partial charge is 0.493 e. The Balaban J connectivity index is 2.76. The number of ether oxygens (including phenoxy) is 2. The molecule has 0 spiro atoms. The number of hydrogen-bond acceptors (Lipinski definition) is 4. The molecule has 0 bridgehead atoms. The van der Waals surface area contributed by atoms with E-state index in [1.54, 1.807) is 7.11 Å². The first-order valence-corrected chi connectivity index (χ1v) is 7.67. The Bertz CT molecular complexity index is 436. The lowest BCUT2D eigenvalue weighted by Crippen LogP contribution is -2.48. The predicted octanol–water partition coefficient (Wildman–Crippen LogP) is 2.78. The number of aliphatic hydroxyl groups excluding tert-OH is 1. The molecule has 0 aliphatic heterocycles. The smallest absolute Gasteiger partial charge is 0.161 e. The van der Waals surface area contributed by atoms with Gasteiger partial charge >= 0.3 is 0 Å². The van der Waals surface area contributed by atoms with Crippen LogP contribution in [0.1, 0.15) is 39.7 Å². The number of nitrogens with one attached hydrogen (secondary N) is 1. The topological polar surface area (TPSA) is 50.7 Å². The van der Waals surface area contributed by atoms with E-state index < -0.39 is 0 Å². The molecule has 0 fully saturated rings. The molecule has 0 amide bonds. The van der Waals surface area contributed by atoms with Crippen molar-refractivity contribution in [3.05, 3.63) is 23.8 Å². The highest BCUT2D eigenvalue weighted by molar-refractivity contribution is 5.43. The lowest BCUT2D eigenvalue weighted by molar-refractivity contribution is 0.109. The summed E-state index contributed by atoms with van der Waals surface area (Å²) < 4.78 is 11.4. The number of aliphatic hydroxyl groups is 1. The van der Waals surface area contributed by atoms with Crippen molar-refractivity contribution in [3.8, 4) is 11.5 Å². The number of aryl methyl sites for hydroxylation is 1. The van der Waals surface area contributed by atoms with Gasteiger partial charge in [-0.05, 0) is 44.5 Å². The number of rotatable bonds is 9. The predicted molar refractivity (Wildman–Crippen MR) is 86.2 cm³/mol. The maximum Gasteiger partial charge on any atom is 0.161 e. The third-order valence-corrected chi connectivity index (χ3v) is 3.65. The Morgan fingerprint density at radius 2 is 2.00 bits per heavy atom. The minimum Gasteiger partial charge on any atom is -0.493 e. The van der Waals surface area contributed by atoms with Gasteiger partial charge in [0.05, 0.1) is 19.8 Å². The SMILES string of the molecule is CCNC(C)(CO)CC(C)Oc1ccc(CC)cc1OC. The fourth-order valence-corrected chi connectivity index (χ4v) is 2.54. The highest BCUT2D eigenvalue weighted by Crippen LogP contribution is 2.30. The van der Waals surface area contributed by atoms with E-state index >= 15 is 0 Å². The Morgan fingerprint density at radius 3 is 2.52 bits per heavy atom. The van der Waals surface area contributed by atoms with Crippen LogP contribution in [0, 0.1) is 0 Å². The van der Waals surface area contributed by atoms with Crippen LogP contribution in [0.15, 0.2) is 18.2 Å². The van der Waals surface area contributed by atoms with E-state index in [2.05, 4.69) is 18.3 Å². The normalized spacial score (nSPS) is 15.3. The Hall–Kier alpha value is -1.26. The molecule has 2 N–H and O–H groups in total. The Morgan fingerprint density at radius 1 is 1.29 bits per heavy atom. The molecule has 4 heteroatoms. The van der Waals surface area contributed by atoms with Crippen LogP contribution in [0.2, 0.25) is 0 Å². The van der Waals surface area contributed by atoms with Crippen molar-refractivity contribution in [2.45, 2.75) is 52.2 Å². The van der Waals surface area contributed by atoms with Crippen LogP contribution in [-0.4, -0.2) is 37.0 Å². The maximum atomic E-state index is 9.56. The second-order valence-electron chi connectivity index (χ2n) is 5.72. The van der Waals surface area contributed by atoms with E-state index in [1.165, 1.54) is 5.56 Å². The van der Waals surface area contributed by atoms with Crippen molar-refractivity contribution in [1.29, 1.82) is 0 Å². The zero-order valence-electron chi connectivity index (χ0n) is 13.9. The van der Waals surface area contributed by atoms with E-state index in [-0.39, 0.29) is 18.2 Å². The van der Waals surface area contributed by atoms with Gasteiger partial charge in [-0.25, -0.2) is 0 Å². The second kappa shape index (κ2) is 8.25. The summed E-state index contributed by atoms with van der Waals surface area (Å²) in [5.41, 5.74) is 0.893. The molecular weight excluding hydrogens is 266 g/mol. The summed E-state index contributed by atoms with van der Waals surface area (Å²) in [6.07, 6.45) is 1.66. The molecule has 1 aromatic rings. The van der Waals surface area contributed by atoms with Crippen LogP contribution in [-0.2, 0) is 6.42 Å². The summed E-state index contributed by atoms with van der Waals surface area (Å²) in [4.78, 5) is 0. The van der Waals surface area contributed by atoms with Gasteiger partial charge < -0.3 is 19.9 Å². The third-order valence-electron chi connectivity index (χ3n) is 3.65. The van der Waals surface area contributed by atoms with Crippen molar-refractivity contribution in [1.82, 2.24) is 5.32 Å². The molecule has 2 unspecified atom stereocenters. The molecule has 0 radical (unpaired) electrons. The van der Waals surface area contributed by atoms with Gasteiger partial charge in [0, 0.05) is 12.0 Å². The number of benzene rings is 1. The quantitative estimate of drug-likeness (QED) is 0.735. The molecule has 0 aliphatic rings. The first-order chi connectivity index (χ1) is 9.97. The van der Waals surface area contributed by atoms with E-state index in [1.807, 2.05) is 32.9 Å². The summed E-state index contributed by atoms with van der Waals surface area (Å²) in [6, 6.07) is 6.02. The molecule has 120 valence electrons. The molecular formula is C17H29NO3. The minimum absolute atomic E-state index is 0.0254.